The van der Waals surface area contributed by atoms with Crippen molar-refractivity contribution in [2.75, 3.05) is 19.8 Å². The fourth-order valence-corrected chi connectivity index (χ4v) is 2.73. The third kappa shape index (κ3) is 2.32. The summed E-state index contributed by atoms with van der Waals surface area (Å²) in [6, 6.07) is 6.13. The van der Waals surface area contributed by atoms with E-state index in [0.29, 0.717) is 18.6 Å². The lowest BCUT2D eigenvalue weighted by Crippen LogP contribution is -2.37. The average molecular weight is 247 g/mol. The molecule has 0 unspecified atom stereocenters. The van der Waals surface area contributed by atoms with Gasteiger partial charge < -0.3 is 14.8 Å². The van der Waals surface area contributed by atoms with Crippen molar-refractivity contribution >= 4 is 0 Å². The molecule has 1 heterocycles. The lowest BCUT2D eigenvalue weighted by Gasteiger charge is -2.38. The highest BCUT2D eigenvalue weighted by molar-refractivity contribution is 5.47. The molecule has 2 aliphatic rings. The Kier molecular flexibility index (Phi) is 3.16. The predicted molar refractivity (Wildman–Crippen MR) is 71.1 cm³/mol. The number of hydrogen-bond acceptors (Lipinski definition) is 3. The molecule has 0 spiro atoms. The van der Waals surface area contributed by atoms with Crippen LogP contribution in [0.15, 0.2) is 18.2 Å². The smallest absolute Gasteiger partial charge is 0.165 e. The normalized spacial score (nSPS) is 20.3. The molecule has 0 aromatic heterocycles. The fraction of sp³-hybridized carbons (Fsp3) is 0.600. The Balaban J connectivity index is 1.62. The van der Waals surface area contributed by atoms with Gasteiger partial charge in [-0.25, -0.2) is 0 Å². The van der Waals surface area contributed by atoms with Crippen LogP contribution in [-0.2, 0) is 6.54 Å². The predicted octanol–water partition coefficient (Wildman–Crippen LogP) is 2.74. The Morgan fingerprint density at radius 3 is 2.83 bits per heavy atom. The van der Waals surface area contributed by atoms with Crippen LogP contribution in [0, 0.1) is 5.41 Å². The summed E-state index contributed by atoms with van der Waals surface area (Å²) in [5.74, 6) is 1.81. The molecule has 0 atom stereocenters. The molecule has 0 radical (unpaired) electrons. The molecule has 98 valence electrons. The Bertz CT molecular complexity index is 427. The molecule has 3 heteroatoms. The van der Waals surface area contributed by atoms with Crippen molar-refractivity contribution in [3.8, 4) is 11.5 Å². The van der Waals surface area contributed by atoms with Gasteiger partial charge in [0.25, 0.3) is 0 Å². The lowest BCUT2D eigenvalue weighted by molar-refractivity contribution is 0.154. The Morgan fingerprint density at radius 1 is 1.22 bits per heavy atom. The summed E-state index contributed by atoms with van der Waals surface area (Å²) >= 11 is 0. The van der Waals surface area contributed by atoms with Crippen LogP contribution in [0.2, 0.25) is 0 Å². The molecular formula is C15H21NO2. The first kappa shape index (κ1) is 11.8. The molecule has 1 aliphatic heterocycles. The third-order valence-electron chi connectivity index (χ3n) is 4.08. The third-order valence-corrected chi connectivity index (χ3v) is 4.08. The van der Waals surface area contributed by atoms with Crippen molar-refractivity contribution < 1.29 is 9.47 Å². The molecule has 3 nitrogen and oxygen atoms in total. The number of nitrogens with one attached hydrogen (secondary N) is 1. The number of rotatable bonds is 4. The minimum atomic E-state index is 0.520. The van der Waals surface area contributed by atoms with Gasteiger partial charge in [0.2, 0.25) is 0 Å². The maximum Gasteiger partial charge on any atom is 0.165 e. The maximum absolute atomic E-state index is 5.71. The quantitative estimate of drug-likeness (QED) is 0.887. The second-order valence-electron chi connectivity index (χ2n) is 5.71. The summed E-state index contributed by atoms with van der Waals surface area (Å²) in [6.45, 7) is 5.63. The molecule has 1 fully saturated rings. The van der Waals surface area contributed by atoms with E-state index in [1.165, 1.54) is 24.8 Å². The van der Waals surface area contributed by atoms with Crippen molar-refractivity contribution in [2.45, 2.75) is 32.7 Å². The van der Waals surface area contributed by atoms with Gasteiger partial charge in [0, 0.05) is 18.7 Å². The molecule has 1 aromatic rings. The molecule has 1 N–H and O–H groups in total. The van der Waals surface area contributed by atoms with Gasteiger partial charge in [-0.05, 0) is 24.3 Å². The van der Waals surface area contributed by atoms with Crippen LogP contribution < -0.4 is 14.8 Å². The minimum Gasteiger partial charge on any atom is -0.486 e. The van der Waals surface area contributed by atoms with E-state index >= 15 is 0 Å². The van der Waals surface area contributed by atoms with E-state index in [4.69, 9.17) is 9.47 Å². The summed E-state index contributed by atoms with van der Waals surface area (Å²) in [4.78, 5) is 0. The van der Waals surface area contributed by atoms with Gasteiger partial charge in [0.05, 0.1) is 0 Å². The monoisotopic (exact) mass is 247 g/mol. The molecule has 0 bridgehead atoms. The van der Waals surface area contributed by atoms with E-state index in [2.05, 4.69) is 18.3 Å². The molecule has 18 heavy (non-hydrogen) atoms. The summed E-state index contributed by atoms with van der Waals surface area (Å²) < 4.78 is 11.3. The van der Waals surface area contributed by atoms with Crippen LogP contribution in [-0.4, -0.2) is 19.8 Å². The van der Waals surface area contributed by atoms with Crippen LogP contribution in [0.3, 0.4) is 0 Å². The van der Waals surface area contributed by atoms with E-state index in [1.54, 1.807) is 0 Å². The number of fused-ring (bicyclic) bond motifs is 1. The number of para-hydroxylation sites is 1. The van der Waals surface area contributed by atoms with Gasteiger partial charge in [0.15, 0.2) is 11.5 Å². The van der Waals surface area contributed by atoms with Gasteiger partial charge in [-0.2, -0.15) is 0 Å². The van der Waals surface area contributed by atoms with E-state index in [-0.39, 0.29) is 0 Å². The molecule has 1 aromatic carbocycles. The van der Waals surface area contributed by atoms with E-state index in [9.17, 15) is 0 Å². The zero-order valence-corrected chi connectivity index (χ0v) is 11.0. The summed E-state index contributed by atoms with van der Waals surface area (Å²) in [5.41, 5.74) is 1.72. The first-order valence-corrected chi connectivity index (χ1v) is 6.85. The van der Waals surface area contributed by atoms with Crippen molar-refractivity contribution in [1.82, 2.24) is 5.32 Å². The van der Waals surface area contributed by atoms with Crippen LogP contribution in [0.5, 0.6) is 11.5 Å². The Morgan fingerprint density at radius 2 is 2.06 bits per heavy atom. The Labute approximate surface area is 108 Å². The Hall–Kier alpha value is -1.22. The molecule has 1 aliphatic carbocycles. The van der Waals surface area contributed by atoms with Crippen molar-refractivity contribution in [2.24, 2.45) is 5.41 Å². The zero-order valence-electron chi connectivity index (χ0n) is 11.0. The first-order valence-electron chi connectivity index (χ1n) is 6.85. The lowest BCUT2D eigenvalue weighted by atomic mass is 9.70. The van der Waals surface area contributed by atoms with Crippen molar-refractivity contribution in [3.05, 3.63) is 23.8 Å². The first-order chi connectivity index (χ1) is 8.77. The van der Waals surface area contributed by atoms with Crippen LogP contribution in [0.25, 0.3) is 0 Å². The van der Waals surface area contributed by atoms with Crippen LogP contribution in [0.1, 0.15) is 31.7 Å². The van der Waals surface area contributed by atoms with Gasteiger partial charge in [-0.15, -0.1) is 0 Å². The average Bonchev–Trinajstić information content (AvgIpc) is 2.37. The van der Waals surface area contributed by atoms with Crippen LogP contribution in [0.4, 0.5) is 0 Å². The van der Waals surface area contributed by atoms with E-state index in [1.807, 2.05) is 12.1 Å². The molecule has 3 rings (SSSR count). The summed E-state index contributed by atoms with van der Waals surface area (Å²) in [7, 11) is 0. The largest absolute Gasteiger partial charge is 0.486 e. The molecule has 1 saturated carbocycles. The fourth-order valence-electron chi connectivity index (χ4n) is 2.73. The highest BCUT2D eigenvalue weighted by Crippen LogP contribution is 2.39. The van der Waals surface area contributed by atoms with Crippen LogP contribution >= 0.6 is 0 Å². The topological polar surface area (TPSA) is 30.5 Å². The number of hydrogen-bond donors (Lipinski definition) is 1. The van der Waals surface area contributed by atoms with Gasteiger partial charge in [-0.1, -0.05) is 25.5 Å². The summed E-state index contributed by atoms with van der Waals surface area (Å²) in [5, 5.41) is 3.56. The maximum atomic E-state index is 5.71. The van der Waals surface area contributed by atoms with Gasteiger partial charge in [0.1, 0.15) is 13.2 Å². The second-order valence-corrected chi connectivity index (χ2v) is 5.71. The minimum absolute atomic E-state index is 0.520. The van der Waals surface area contributed by atoms with Gasteiger partial charge >= 0.3 is 0 Å². The van der Waals surface area contributed by atoms with Gasteiger partial charge in [-0.3, -0.25) is 0 Å². The number of benzene rings is 1. The van der Waals surface area contributed by atoms with E-state index in [0.717, 1.165) is 24.6 Å². The summed E-state index contributed by atoms with van der Waals surface area (Å²) in [6.07, 6.45) is 4.09. The highest BCUT2D eigenvalue weighted by Gasteiger charge is 2.31. The molecular weight excluding hydrogens is 226 g/mol. The highest BCUT2D eigenvalue weighted by atomic mass is 16.6. The molecule has 0 saturated heterocycles. The second kappa shape index (κ2) is 4.81. The van der Waals surface area contributed by atoms with Crippen molar-refractivity contribution in [3.63, 3.8) is 0 Å². The number of ether oxygens (including phenoxy) is 2. The van der Waals surface area contributed by atoms with Crippen molar-refractivity contribution in [1.29, 1.82) is 0 Å². The SMILES string of the molecule is CC1(CNCc2cccc3c2OCCO3)CCC1. The zero-order chi connectivity index (χ0) is 12.4. The molecule has 0 amide bonds. The standard InChI is InChI=1S/C15H21NO2/c1-15(6-3-7-15)11-16-10-12-4-2-5-13-14(12)18-9-8-17-13/h2,4-5,16H,3,6-11H2,1H3. The van der Waals surface area contributed by atoms with E-state index < -0.39 is 0 Å².